The zero-order valence-corrected chi connectivity index (χ0v) is 9.66. The van der Waals surface area contributed by atoms with E-state index in [1.165, 1.54) is 6.92 Å². The summed E-state index contributed by atoms with van der Waals surface area (Å²) >= 11 is 0. The molecule has 0 aromatic rings. The van der Waals surface area contributed by atoms with Crippen LogP contribution in [0.15, 0.2) is 0 Å². The van der Waals surface area contributed by atoms with Gasteiger partial charge in [-0.05, 0) is 12.8 Å². The second-order valence-corrected chi connectivity index (χ2v) is 4.39. The van der Waals surface area contributed by atoms with E-state index in [2.05, 4.69) is 9.84 Å². The average Bonchev–Trinajstić information content (AvgIpc) is 2.07. The maximum atomic E-state index is 10.5. The van der Waals surface area contributed by atoms with Gasteiger partial charge in [-0.2, -0.15) is 0 Å². The maximum Gasteiger partial charge on any atom is 0.265 e. The van der Waals surface area contributed by atoms with Crippen molar-refractivity contribution in [2.45, 2.75) is 32.6 Å². The molecule has 0 aromatic carbocycles. The molecule has 7 heteroatoms. The smallest absolute Gasteiger partial charge is 0.265 e. The number of hydrogen-bond acceptors (Lipinski definition) is 4. The van der Waals surface area contributed by atoms with E-state index >= 15 is 0 Å². The van der Waals surface area contributed by atoms with E-state index in [0.29, 0.717) is 13.0 Å². The van der Waals surface area contributed by atoms with Gasteiger partial charge >= 0.3 is 0 Å². The van der Waals surface area contributed by atoms with Crippen molar-refractivity contribution in [2.75, 3.05) is 13.2 Å². The predicted molar refractivity (Wildman–Crippen MR) is 52.9 cm³/mol. The maximum absolute atomic E-state index is 10.5. The second-order valence-electron chi connectivity index (χ2n) is 3.20. The summed E-state index contributed by atoms with van der Waals surface area (Å²) < 4.78 is 14.3. The molecule has 0 rings (SSSR count). The van der Waals surface area contributed by atoms with Crippen molar-refractivity contribution in [3.63, 3.8) is 0 Å². The van der Waals surface area contributed by atoms with E-state index < -0.39 is 7.82 Å². The number of nitrogens with one attached hydrogen (secondary N) is 1. The fourth-order valence-corrected chi connectivity index (χ4v) is 1.38. The molecule has 0 bridgehead atoms. The van der Waals surface area contributed by atoms with Crippen LogP contribution < -0.4 is 10.2 Å². The fourth-order valence-electron chi connectivity index (χ4n) is 1.02. The number of carbonyl (C=O) groups is 1. The van der Waals surface area contributed by atoms with Crippen LogP contribution in [0.2, 0.25) is 0 Å². The Morgan fingerprint density at radius 3 is 2.53 bits per heavy atom. The van der Waals surface area contributed by atoms with Crippen LogP contribution in [0.25, 0.3) is 0 Å². The molecule has 1 unspecified atom stereocenters. The van der Waals surface area contributed by atoms with Crippen LogP contribution in [0.3, 0.4) is 0 Å². The van der Waals surface area contributed by atoms with Gasteiger partial charge in [0.25, 0.3) is 7.82 Å². The van der Waals surface area contributed by atoms with Gasteiger partial charge < -0.3 is 19.6 Å². The van der Waals surface area contributed by atoms with Gasteiger partial charge in [0.05, 0.1) is 6.61 Å². The number of phosphoric acid groups is 1. The molecular formula is C8H17NO5P-. The minimum absolute atomic E-state index is 0.0113. The van der Waals surface area contributed by atoms with E-state index in [0.717, 1.165) is 19.3 Å². The van der Waals surface area contributed by atoms with Crippen molar-refractivity contribution in [1.29, 1.82) is 0 Å². The largest absolute Gasteiger partial charge is 0.756 e. The molecule has 1 atom stereocenters. The third-order valence-corrected chi connectivity index (χ3v) is 2.21. The van der Waals surface area contributed by atoms with E-state index in [1.54, 1.807) is 0 Å². The minimum Gasteiger partial charge on any atom is -0.756 e. The minimum atomic E-state index is -4.55. The first-order valence-corrected chi connectivity index (χ1v) is 6.34. The summed E-state index contributed by atoms with van der Waals surface area (Å²) in [4.78, 5) is 28.9. The lowest BCUT2D eigenvalue weighted by Gasteiger charge is -2.14. The van der Waals surface area contributed by atoms with Gasteiger partial charge in [0.2, 0.25) is 5.91 Å². The first kappa shape index (κ1) is 14.6. The summed E-state index contributed by atoms with van der Waals surface area (Å²) in [7, 11) is -4.55. The highest BCUT2D eigenvalue weighted by atomic mass is 31.2. The first-order valence-electron chi connectivity index (χ1n) is 4.84. The number of hydrogen-bond donors (Lipinski definition) is 2. The molecule has 2 N–H and O–H groups in total. The first-order chi connectivity index (χ1) is 6.92. The Morgan fingerprint density at radius 1 is 1.40 bits per heavy atom. The highest BCUT2D eigenvalue weighted by Gasteiger charge is 2.00. The van der Waals surface area contributed by atoms with Crippen LogP contribution in [0.1, 0.15) is 32.6 Å². The van der Waals surface area contributed by atoms with Crippen LogP contribution in [0.5, 0.6) is 0 Å². The number of rotatable bonds is 8. The average molecular weight is 238 g/mol. The molecule has 90 valence electrons. The van der Waals surface area contributed by atoms with Crippen LogP contribution >= 0.6 is 7.82 Å². The lowest BCUT2D eigenvalue weighted by atomic mass is 10.2. The summed E-state index contributed by atoms with van der Waals surface area (Å²) in [5.74, 6) is -0.0501. The summed E-state index contributed by atoms with van der Waals surface area (Å²) in [6.45, 7) is 2.11. The zero-order chi connectivity index (χ0) is 11.7. The third kappa shape index (κ3) is 13.6. The Morgan fingerprint density at radius 2 is 2.00 bits per heavy atom. The van der Waals surface area contributed by atoms with Crippen LogP contribution in [-0.4, -0.2) is 24.0 Å². The molecule has 0 aromatic heterocycles. The highest BCUT2D eigenvalue weighted by molar-refractivity contribution is 7.44. The standard InChI is InChI=1S/C8H18NO5P/c1-8(10)9-6-4-2-3-5-7-14-15(11,12)13/h2-7H2,1H3,(H,9,10)(H2,11,12,13)/p-1. The predicted octanol–water partition coefficient (Wildman–Crippen LogP) is 0.160. The molecule has 0 heterocycles. The van der Waals surface area contributed by atoms with Crippen molar-refractivity contribution in [3.8, 4) is 0 Å². The number of unbranched alkanes of at least 4 members (excludes halogenated alkanes) is 3. The Bertz CT molecular complexity index is 227. The quantitative estimate of drug-likeness (QED) is 0.463. The van der Waals surface area contributed by atoms with Gasteiger partial charge in [-0.1, -0.05) is 12.8 Å². The van der Waals surface area contributed by atoms with Gasteiger partial charge in [-0.15, -0.1) is 0 Å². The summed E-state index contributed by atoms with van der Waals surface area (Å²) in [5.41, 5.74) is 0. The summed E-state index contributed by atoms with van der Waals surface area (Å²) in [5, 5.41) is 2.66. The lowest BCUT2D eigenvalue weighted by molar-refractivity contribution is -0.219. The van der Waals surface area contributed by atoms with Gasteiger partial charge in [-0.25, -0.2) is 0 Å². The van der Waals surface area contributed by atoms with Crippen LogP contribution in [0, 0.1) is 0 Å². The van der Waals surface area contributed by atoms with Crippen molar-refractivity contribution < 1.29 is 23.7 Å². The Hall–Kier alpha value is -0.420. The van der Waals surface area contributed by atoms with Gasteiger partial charge in [0.1, 0.15) is 0 Å². The van der Waals surface area contributed by atoms with Crippen LogP contribution in [0.4, 0.5) is 0 Å². The molecule has 0 saturated carbocycles. The SMILES string of the molecule is CC(=O)NCCCCCCOP(=O)([O-])O. The molecule has 0 radical (unpaired) electrons. The topological polar surface area (TPSA) is 98.7 Å². The molecule has 0 aliphatic heterocycles. The van der Waals surface area contributed by atoms with Crippen molar-refractivity contribution in [3.05, 3.63) is 0 Å². The Balaban J connectivity index is 3.12. The molecule has 1 amide bonds. The molecule has 0 aliphatic rings. The van der Waals surface area contributed by atoms with E-state index in [-0.39, 0.29) is 12.5 Å². The van der Waals surface area contributed by atoms with E-state index in [9.17, 15) is 14.3 Å². The molecular weight excluding hydrogens is 221 g/mol. The zero-order valence-electron chi connectivity index (χ0n) is 8.77. The van der Waals surface area contributed by atoms with Crippen LogP contribution in [-0.2, 0) is 13.9 Å². The van der Waals surface area contributed by atoms with Gasteiger partial charge in [-0.3, -0.25) is 9.36 Å². The molecule has 0 spiro atoms. The Labute approximate surface area is 89.3 Å². The van der Waals surface area contributed by atoms with Crippen molar-refractivity contribution in [2.24, 2.45) is 0 Å². The van der Waals surface area contributed by atoms with Crippen molar-refractivity contribution in [1.82, 2.24) is 5.32 Å². The Kier molecular flexibility index (Phi) is 7.60. The molecule has 0 saturated heterocycles. The van der Waals surface area contributed by atoms with E-state index in [4.69, 9.17) is 4.89 Å². The lowest BCUT2D eigenvalue weighted by Crippen LogP contribution is -2.20. The van der Waals surface area contributed by atoms with E-state index in [1.807, 2.05) is 0 Å². The fraction of sp³-hybridized carbons (Fsp3) is 0.875. The number of amides is 1. The molecule has 0 fully saturated rings. The highest BCUT2D eigenvalue weighted by Crippen LogP contribution is 2.30. The summed E-state index contributed by atoms with van der Waals surface area (Å²) in [6, 6.07) is 0. The molecule has 6 nitrogen and oxygen atoms in total. The molecule has 15 heavy (non-hydrogen) atoms. The molecule has 0 aliphatic carbocycles. The number of carbonyl (C=O) groups excluding carboxylic acids is 1. The van der Waals surface area contributed by atoms with Gasteiger partial charge in [0.15, 0.2) is 0 Å². The third-order valence-electron chi connectivity index (χ3n) is 1.70. The summed E-state index contributed by atoms with van der Waals surface area (Å²) in [6.07, 6.45) is 3.12. The monoisotopic (exact) mass is 238 g/mol. The normalized spacial score (nSPS) is 14.6. The second kappa shape index (κ2) is 7.82. The number of phosphoric ester groups is 1. The van der Waals surface area contributed by atoms with Gasteiger partial charge in [0, 0.05) is 13.5 Å². The van der Waals surface area contributed by atoms with Crippen molar-refractivity contribution >= 4 is 13.7 Å².